The second-order valence-electron chi connectivity index (χ2n) is 11.0. The van der Waals surface area contributed by atoms with E-state index in [2.05, 4.69) is 29.0 Å². The molecule has 0 saturated carbocycles. The monoisotopic (exact) mass is 595 g/mol. The molecule has 0 unspecified atom stereocenters. The molecular weight excluding hydrogens is 565 g/mol. The van der Waals surface area contributed by atoms with Crippen molar-refractivity contribution in [2.45, 2.75) is 38.6 Å². The van der Waals surface area contributed by atoms with E-state index in [1.165, 1.54) is 24.3 Å². The van der Waals surface area contributed by atoms with Crippen molar-refractivity contribution in [3.8, 4) is 11.4 Å². The molecule has 4 aromatic rings. The molecular formula is C30H31ClFN5O3S. The summed E-state index contributed by atoms with van der Waals surface area (Å²) in [6, 6.07) is 10.9. The molecule has 5 rings (SSSR count). The molecule has 0 bridgehead atoms. The Balaban J connectivity index is 1.40. The van der Waals surface area contributed by atoms with Gasteiger partial charge >= 0.3 is 0 Å². The third kappa shape index (κ3) is 6.49. The molecule has 1 aliphatic rings. The first kappa shape index (κ1) is 28.9. The number of aromatic nitrogens is 3. The molecule has 4 heterocycles. The van der Waals surface area contributed by atoms with Gasteiger partial charge in [0.05, 0.1) is 34.0 Å². The summed E-state index contributed by atoms with van der Waals surface area (Å²) in [4.78, 5) is 28.9. The fraction of sp³-hybridized carbons (Fsp3) is 0.333. The molecule has 3 aromatic heterocycles. The van der Waals surface area contributed by atoms with Gasteiger partial charge in [-0.15, -0.1) is 0 Å². The summed E-state index contributed by atoms with van der Waals surface area (Å²) in [5.41, 5.74) is 2.75. The summed E-state index contributed by atoms with van der Waals surface area (Å²) in [6.07, 6.45) is 3.85. The molecule has 2 atom stereocenters. The fourth-order valence-electron chi connectivity index (χ4n) is 5.29. The van der Waals surface area contributed by atoms with Crippen LogP contribution in [0.3, 0.4) is 0 Å². The van der Waals surface area contributed by atoms with Crippen LogP contribution in [0, 0.1) is 24.6 Å². The van der Waals surface area contributed by atoms with E-state index >= 15 is 4.39 Å². The van der Waals surface area contributed by atoms with E-state index in [1.807, 2.05) is 12.1 Å². The first-order valence-corrected chi connectivity index (χ1v) is 15.6. The molecule has 1 amide bonds. The van der Waals surface area contributed by atoms with Gasteiger partial charge < -0.3 is 10.2 Å². The Morgan fingerprint density at radius 2 is 1.83 bits per heavy atom. The smallest absolute Gasteiger partial charge is 0.251 e. The van der Waals surface area contributed by atoms with Crippen molar-refractivity contribution in [2.24, 2.45) is 11.8 Å². The van der Waals surface area contributed by atoms with Crippen LogP contribution in [0.2, 0.25) is 5.02 Å². The minimum atomic E-state index is -3.54. The third-order valence-corrected chi connectivity index (χ3v) is 8.56. The summed E-state index contributed by atoms with van der Waals surface area (Å²) in [5.74, 6) is 0.797. The lowest BCUT2D eigenvalue weighted by Gasteiger charge is -2.36. The van der Waals surface area contributed by atoms with Crippen molar-refractivity contribution in [3.05, 3.63) is 76.3 Å². The Bertz CT molecular complexity index is 1760. The number of benzene rings is 1. The average molecular weight is 596 g/mol. The van der Waals surface area contributed by atoms with E-state index in [9.17, 15) is 13.2 Å². The van der Waals surface area contributed by atoms with Crippen molar-refractivity contribution in [3.63, 3.8) is 0 Å². The van der Waals surface area contributed by atoms with Gasteiger partial charge in [0.1, 0.15) is 11.6 Å². The molecule has 1 saturated heterocycles. The van der Waals surface area contributed by atoms with Crippen molar-refractivity contribution in [1.29, 1.82) is 0 Å². The van der Waals surface area contributed by atoms with Crippen LogP contribution in [0.4, 0.5) is 10.2 Å². The van der Waals surface area contributed by atoms with Crippen LogP contribution in [0.1, 0.15) is 41.9 Å². The molecule has 0 radical (unpaired) electrons. The number of fused-ring (bicyclic) bond motifs is 1. The topological polar surface area (TPSA) is 105 Å². The Morgan fingerprint density at radius 1 is 1.10 bits per heavy atom. The van der Waals surface area contributed by atoms with Gasteiger partial charge in [0.25, 0.3) is 5.91 Å². The fourth-order valence-corrected chi connectivity index (χ4v) is 6.28. The van der Waals surface area contributed by atoms with Crippen molar-refractivity contribution in [2.75, 3.05) is 24.2 Å². The van der Waals surface area contributed by atoms with Crippen LogP contribution >= 0.6 is 11.6 Å². The van der Waals surface area contributed by atoms with Gasteiger partial charge in [-0.1, -0.05) is 25.4 Å². The molecule has 41 heavy (non-hydrogen) atoms. The van der Waals surface area contributed by atoms with Crippen LogP contribution in [-0.2, 0) is 16.4 Å². The number of rotatable bonds is 6. The highest BCUT2D eigenvalue weighted by atomic mass is 35.5. The number of hydrogen-bond acceptors (Lipinski definition) is 7. The van der Waals surface area contributed by atoms with Crippen LogP contribution in [0.15, 0.2) is 53.6 Å². The van der Waals surface area contributed by atoms with Crippen molar-refractivity contribution < 1.29 is 17.6 Å². The normalized spacial score (nSPS) is 17.6. The van der Waals surface area contributed by atoms with Crippen LogP contribution < -0.4 is 10.2 Å². The van der Waals surface area contributed by atoms with E-state index in [4.69, 9.17) is 21.6 Å². The number of halogens is 2. The maximum absolute atomic E-state index is 15.1. The van der Waals surface area contributed by atoms with E-state index in [1.54, 1.807) is 19.2 Å². The second kappa shape index (κ2) is 11.3. The highest BCUT2D eigenvalue weighted by Crippen LogP contribution is 2.31. The largest absolute Gasteiger partial charge is 0.356 e. The lowest BCUT2D eigenvalue weighted by molar-refractivity contribution is 0.0950. The van der Waals surface area contributed by atoms with Gasteiger partial charge in [0.2, 0.25) is 0 Å². The molecule has 8 nitrogen and oxygen atoms in total. The van der Waals surface area contributed by atoms with Crippen molar-refractivity contribution in [1.82, 2.24) is 20.3 Å². The molecule has 1 aromatic carbocycles. The lowest BCUT2D eigenvalue weighted by atomic mass is 9.92. The predicted octanol–water partition coefficient (Wildman–Crippen LogP) is 5.61. The molecule has 11 heteroatoms. The number of amides is 1. The highest BCUT2D eigenvalue weighted by molar-refractivity contribution is 7.90. The molecule has 0 aliphatic carbocycles. The Hall–Kier alpha value is -3.63. The maximum atomic E-state index is 15.1. The second-order valence-corrected chi connectivity index (χ2v) is 13.4. The number of nitrogens with one attached hydrogen (secondary N) is 1. The van der Waals surface area contributed by atoms with E-state index in [0.717, 1.165) is 31.2 Å². The Kier molecular flexibility index (Phi) is 7.98. The van der Waals surface area contributed by atoms with Crippen molar-refractivity contribution >= 4 is 44.1 Å². The Labute approximate surface area is 243 Å². The summed E-state index contributed by atoms with van der Waals surface area (Å²) >= 11 is 6.04. The van der Waals surface area contributed by atoms with Gasteiger partial charge in [0, 0.05) is 53.1 Å². The van der Waals surface area contributed by atoms with Gasteiger partial charge in [-0.25, -0.2) is 22.8 Å². The maximum Gasteiger partial charge on any atom is 0.251 e. The molecule has 0 spiro atoms. The van der Waals surface area contributed by atoms with Gasteiger partial charge in [-0.2, -0.15) is 0 Å². The average Bonchev–Trinajstić information content (AvgIpc) is 2.91. The van der Waals surface area contributed by atoms with Crippen LogP contribution in [-0.4, -0.2) is 48.6 Å². The quantitative estimate of drug-likeness (QED) is 0.309. The molecule has 1 fully saturated rings. The zero-order valence-electron chi connectivity index (χ0n) is 23.3. The summed E-state index contributed by atoms with van der Waals surface area (Å²) < 4.78 is 38.9. The van der Waals surface area contributed by atoms with Crippen LogP contribution in [0.5, 0.6) is 0 Å². The highest BCUT2D eigenvalue weighted by Gasteiger charge is 2.24. The summed E-state index contributed by atoms with van der Waals surface area (Å²) in [6.45, 7) is 7.84. The Morgan fingerprint density at radius 3 is 2.54 bits per heavy atom. The molecule has 214 valence electrons. The number of pyridine rings is 3. The minimum Gasteiger partial charge on any atom is -0.356 e. The number of carbonyl (C=O) groups excluding carboxylic acids is 1. The molecule has 1 N–H and O–H groups in total. The first-order chi connectivity index (χ1) is 19.4. The predicted molar refractivity (Wildman–Crippen MR) is 158 cm³/mol. The van der Waals surface area contributed by atoms with E-state index in [0.29, 0.717) is 45.8 Å². The summed E-state index contributed by atoms with van der Waals surface area (Å²) in [7, 11) is -3.54. The minimum absolute atomic E-state index is 0.0376. The number of piperidine rings is 1. The van der Waals surface area contributed by atoms with Crippen LogP contribution in [0.25, 0.3) is 22.3 Å². The van der Waals surface area contributed by atoms with Gasteiger partial charge in [-0.3, -0.25) is 9.78 Å². The number of sulfone groups is 1. The number of nitrogens with zero attached hydrogens (tertiary/aromatic N) is 4. The SMILES string of the molecule is Cc1c(F)cc(N2C[C@H](C)C[C@H](C)C2)nc1-c1ccc2cnc(CNC(=O)c3cc(Cl)cc(S(C)(=O)=O)c3)cc2n1. The zero-order chi connectivity index (χ0) is 29.5. The number of hydrogen-bond donors (Lipinski definition) is 1. The number of anilines is 1. The summed E-state index contributed by atoms with van der Waals surface area (Å²) in [5, 5.41) is 3.68. The standard InChI is InChI=1S/C30H31ClFN5O3S/c1-17-7-18(2)16-37(15-17)28-12-25(32)19(3)29(36-28)26-6-5-20-13-33-23(11-27(20)35-26)14-34-30(38)21-8-22(31)10-24(9-21)41(4,39)40/h5-6,8-13,17-18H,7,14-16H2,1-4H3,(H,34,38)/t17-,18+. The third-order valence-electron chi connectivity index (χ3n) is 7.25. The van der Waals surface area contributed by atoms with E-state index in [-0.39, 0.29) is 27.8 Å². The molecule has 1 aliphatic heterocycles. The lowest BCUT2D eigenvalue weighted by Crippen LogP contribution is -2.39. The number of carbonyl (C=O) groups is 1. The first-order valence-electron chi connectivity index (χ1n) is 13.3. The van der Waals surface area contributed by atoms with Gasteiger partial charge in [-0.05, 0) is 61.6 Å². The van der Waals surface area contributed by atoms with E-state index < -0.39 is 15.7 Å². The zero-order valence-corrected chi connectivity index (χ0v) is 24.9. The van der Waals surface area contributed by atoms with Gasteiger partial charge in [0.15, 0.2) is 9.84 Å².